The molecule has 0 atom stereocenters. The summed E-state index contributed by atoms with van der Waals surface area (Å²) < 4.78 is 44.0. The Morgan fingerprint density at radius 1 is 0.930 bits per heavy atom. The van der Waals surface area contributed by atoms with E-state index in [2.05, 4.69) is 54.7 Å². The third kappa shape index (κ3) is 7.01. The molecule has 3 aliphatic rings. The summed E-state index contributed by atoms with van der Waals surface area (Å²) in [6, 6.07) is 19.4. The number of anilines is 1. The zero-order valence-electron chi connectivity index (χ0n) is 26.1. The summed E-state index contributed by atoms with van der Waals surface area (Å²) in [6.45, 7) is 8.49. The van der Waals surface area contributed by atoms with Crippen molar-refractivity contribution in [3.8, 4) is 0 Å². The Morgan fingerprint density at radius 2 is 1.65 bits per heavy atom. The number of rotatable bonds is 10. The van der Waals surface area contributed by atoms with Crippen LogP contribution < -0.4 is 4.72 Å². The van der Waals surface area contributed by atoms with Crippen molar-refractivity contribution in [3.63, 3.8) is 0 Å². The Balaban J connectivity index is 1.08. The molecule has 2 aliphatic carbocycles. The summed E-state index contributed by atoms with van der Waals surface area (Å²) >= 11 is 0. The Kier molecular flexibility index (Phi) is 8.47. The molecule has 2 fully saturated rings. The van der Waals surface area contributed by atoms with Gasteiger partial charge in [0, 0.05) is 18.6 Å². The van der Waals surface area contributed by atoms with Crippen molar-refractivity contribution in [2.75, 3.05) is 11.3 Å². The van der Waals surface area contributed by atoms with Gasteiger partial charge in [0.2, 0.25) is 0 Å². The van der Waals surface area contributed by atoms with E-state index in [1.165, 1.54) is 67.7 Å². The van der Waals surface area contributed by atoms with E-state index in [4.69, 9.17) is 0 Å². The number of hydrogen-bond acceptors (Lipinski definition) is 3. The second kappa shape index (κ2) is 12.0. The molecule has 0 radical (unpaired) electrons. The fraction of sp³-hybridized carbons (Fsp3) is 0.514. The molecule has 4 nitrogen and oxygen atoms in total. The molecule has 2 saturated carbocycles. The van der Waals surface area contributed by atoms with Crippen LogP contribution in [-0.4, -0.2) is 25.4 Å². The fourth-order valence-corrected chi connectivity index (χ4v) is 8.37. The van der Waals surface area contributed by atoms with Crippen LogP contribution in [0.1, 0.15) is 100.0 Å². The van der Waals surface area contributed by atoms with E-state index >= 15 is 0 Å². The first kappa shape index (κ1) is 30.3. The summed E-state index contributed by atoms with van der Waals surface area (Å²) in [5.41, 5.74) is 6.29. The van der Waals surface area contributed by atoms with E-state index in [1.54, 1.807) is 18.2 Å². The van der Waals surface area contributed by atoms with Crippen molar-refractivity contribution in [3.05, 3.63) is 94.3 Å². The number of nitrogens with zero attached hydrogens (tertiary/aromatic N) is 1. The average Bonchev–Trinajstić information content (AvgIpc) is 3.56. The SMILES string of the molecule is CC(C)(C)c1ccc(CC2(N3CCc4cc(S(=O)(=O)Nc5ccc(CCCC6CCCC6)cc5F)ccc4C3)CC2)cc1. The van der Waals surface area contributed by atoms with Crippen LogP contribution in [0.5, 0.6) is 0 Å². The van der Waals surface area contributed by atoms with Crippen LogP contribution in [0.15, 0.2) is 65.6 Å². The summed E-state index contributed by atoms with van der Waals surface area (Å²) in [4.78, 5) is 2.80. The Morgan fingerprint density at radius 3 is 2.33 bits per heavy atom. The van der Waals surface area contributed by atoms with Gasteiger partial charge in [0.25, 0.3) is 10.0 Å². The zero-order chi connectivity index (χ0) is 30.2. The van der Waals surface area contributed by atoms with Crippen LogP contribution in [0.2, 0.25) is 0 Å². The smallest absolute Gasteiger partial charge is 0.261 e. The second-order valence-corrected chi connectivity index (χ2v) is 16.1. The highest BCUT2D eigenvalue weighted by molar-refractivity contribution is 7.92. The fourth-order valence-electron chi connectivity index (χ4n) is 7.25. The highest BCUT2D eigenvalue weighted by Gasteiger charge is 2.48. The number of hydrogen-bond donors (Lipinski definition) is 1. The van der Waals surface area contributed by atoms with Crippen LogP contribution in [0.4, 0.5) is 10.1 Å². The summed E-state index contributed by atoms with van der Waals surface area (Å²) in [5.74, 6) is 0.306. The lowest BCUT2D eigenvalue weighted by Gasteiger charge is -2.36. The van der Waals surface area contributed by atoms with E-state index in [-0.39, 0.29) is 21.5 Å². The van der Waals surface area contributed by atoms with Crippen molar-refractivity contribution in [2.24, 2.45) is 5.92 Å². The standard InChI is InChI=1S/C37H47FN2O2S/c1-36(2,3)32-15-11-29(12-16-32)25-37(20-21-37)40-22-19-30-24-33(17-14-31(30)26-40)43(41,42)39-35-18-13-28(23-34(35)38)10-6-9-27-7-4-5-8-27/h11-18,23-24,27,39H,4-10,19-22,25-26H2,1-3H3. The molecule has 3 aromatic rings. The van der Waals surface area contributed by atoms with E-state index in [0.29, 0.717) is 0 Å². The van der Waals surface area contributed by atoms with Crippen LogP contribution in [-0.2, 0) is 41.2 Å². The molecule has 230 valence electrons. The maximum absolute atomic E-state index is 15.0. The highest BCUT2D eigenvalue weighted by atomic mass is 32.2. The molecule has 6 rings (SSSR count). The van der Waals surface area contributed by atoms with Crippen LogP contribution in [0.25, 0.3) is 0 Å². The number of nitrogens with one attached hydrogen (secondary N) is 1. The normalized spacial score (nSPS) is 18.9. The van der Waals surface area contributed by atoms with Gasteiger partial charge >= 0.3 is 0 Å². The summed E-state index contributed by atoms with van der Waals surface area (Å²) in [5, 5.41) is 0. The lowest BCUT2D eigenvalue weighted by Crippen LogP contribution is -2.42. The number of sulfonamides is 1. The third-order valence-electron chi connectivity index (χ3n) is 10.2. The quantitative estimate of drug-likeness (QED) is 0.253. The molecule has 0 saturated heterocycles. The van der Waals surface area contributed by atoms with E-state index < -0.39 is 15.8 Å². The lowest BCUT2D eigenvalue weighted by molar-refractivity contribution is 0.158. The van der Waals surface area contributed by atoms with E-state index in [1.807, 2.05) is 12.1 Å². The maximum Gasteiger partial charge on any atom is 0.261 e. The van der Waals surface area contributed by atoms with Crippen LogP contribution in [0.3, 0.4) is 0 Å². The molecule has 1 N–H and O–H groups in total. The molecule has 3 aromatic carbocycles. The number of halogens is 1. The third-order valence-corrected chi connectivity index (χ3v) is 11.5. The Hall–Kier alpha value is -2.70. The van der Waals surface area contributed by atoms with Crippen LogP contribution >= 0.6 is 0 Å². The maximum atomic E-state index is 15.0. The number of benzene rings is 3. The van der Waals surface area contributed by atoms with Gasteiger partial charge in [-0.15, -0.1) is 0 Å². The topological polar surface area (TPSA) is 49.4 Å². The van der Waals surface area contributed by atoms with Gasteiger partial charge in [0.1, 0.15) is 5.82 Å². The zero-order valence-corrected chi connectivity index (χ0v) is 26.9. The van der Waals surface area contributed by atoms with Gasteiger partial charge in [-0.2, -0.15) is 0 Å². The predicted octanol–water partition coefficient (Wildman–Crippen LogP) is 8.57. The molecule has 0 amide bonds. The lowest BCUT2D eigenvalue weighted by atomic mass is 9.86. The largest absolute Gasteiger partial charge is 0.293 e. The highest BCUT2D eigenvalue weighted by Crippen LogP contribution is 2.46. The molecule has 0 unspecified atom stereocenters. The number of aryl methyl sites for hydroxylation is 1. The molecular weight excluding hydrogens is 555 g/mol. The summed E-state index contributed by atoms with van der Waals surface area (Å²) in [7, 11) is -3.90. The van der Waals surface area contributed by atoms with Crippen molar-refractivity contribution in [1.82, 2.24) is 4.90 Å². The van der Waals surface area contributed by atoms with Gasteiger partial charge < -0.3 is 0 Å². The number of fused-ring (bicyclic) bond motifs is 1. The minimum Gasteiger partial charge on any atom is -0.293 e. The van der Waals surface area contributed by atoms with Gasteiger partial charge in [-0.25, -0.2) is 12.8 Å². The van der Waals surface area contributed by atoms with Gasteiger partial charge in [-0.3, -0.25) is 9.62 Å². The first-order valence-corrected chi connectivity index (χ1v) is 17.8. The Bertz CT molecular complexity index is 1550. The van der Waals surface area contributed by atoms with Gasteiger partial charge in [0.15, 0.2) is 0 Å². The van der Waals surface area contributed by atoms with Crippen LogP contribution in [0, 0.1) is 11.7 Å². The van der Waals surface area contributed by atoms with Gasteiger partial charge in [-0.1, -0.05) is 89.3 Å². The van der Waals surface area contributed by atoms with Crippen molar-refractivity contribution < 1.29 is 12.8 Å². The molecule has 43 heavy (non-hydrogen) atoms. The molecule has 1 heterocycles. The monoisotopic (exact) mass is 602 g/mol. The molecule has 0 spiro atoms. The van der Waals surface area contributed by atoms with Crippen molar-refractivity contribution in [1.29, 1.82) is 0 Å². The van der Waals surface area contributed by atoms with Crippen molar-refractivity contribution >= 4 is 15.7 Å². The first-order valence-electron chi connectivity index (χ1n) is 16.3. The first-order chi connectivity index (χ1) is 20.5. The second-order valence-electron chi connectivity index (χ2n) is 14.4. The minimum absolute atomic E-state index is 0.00893. The minimum atomic E-state index is -3.90. The van der Waals surface area contributed by atoms with Crippen molar-refractivity contribution in [2.45, 2.75) is 114 Å². The van der Waals surface area contributed by atoms with Gasteiger partial charge in [0.05, 0.1) is 10.6 Å². The average molecular weight is 603 g/mol. The molecular formula is C37H47FN2O2S. The van der Waals surface area contributed by atoms with E-state index in [0.717, 1.165) is 55.8 Å². The molecule has 0 aromatic heterocycles. The van der Waals surface area contributed by atoms with Gasteiger partial charge in [-0.05, 0) is 102 Å². The Labute approximate surface area is 258 Å². The molecule has 0 bridgehead atoms. The molecule has 1 aliphatic heterocycles. The molecule has 6 heteroatoms. The predicted molar refractivity (Wildman–Crippen MR) is 173 cm³/mol. The van der Waals surface area contributed by atoms with E-state index in [9.17, 15) is 12.8 Å². The summed E-state index contributed by atoms with van der Waals surface area (Å²) in [6.07, 6.45) is 12.7.